The lowest BCUT2D eigenvalue weighted by Gasteiger charge is -2.20. The molecule has 0 bridgehead atoms. The number of ether oxygens (including phenoxy) is 2. The molecule has 1 N–H and O–H groups in total. The normalized spacial score (nSPS) is 14.2. The van der Waals surface area contributed by atoms with E-state index in [-0.39, 0.29) is 12.6 Å². The molecule has 0 aliphatic heterocycles. The minimum atomic E-state index is -4.10. The van der Waals surface area contributed by atoms with Crippen LogP contribution >= 0.6 is 0 Å². The van der Waals surface area contributed by atoms with Gasteiger partial charge in [0.2, 0.25) is 0 Å². The van der Waals surface area contributed by atoms with Crippen molar-refractivity contribution in [3.8, 4) is 0 Å². The van der Waals surface area contributed by atoms with Crippen LogP contribution in [0.4, 0.5) is 17.6 Å². The van der Waals surface area contributed by atoms with E-state index >= 15 is 0 Å². The Hall–Kier alpha value is -0.400. The summed E-state index contributed by atoms with van der Waals surface area (Å²) in [5.74, 6) is -4.10. The lowest BCUT2D eigenvalue weighted by molar-refractivity contribution is -0.167. The molecule has 1 atom stereocenters. The summed E-state index contributed by atoms with van der Waals surface area (Å²) in [6.07, 6.45) is -2.85. The van der Waals surface area contributed by atoms with E-state index in [1.165, 1.54) is 0 Å². The van der Waals surface area contributed by atoms with Gasteiger partial charge in [0.05, 0.1) is 19.3 Å². The summed E-state index contributed by atoms with van der Waals surface area (Å²) in [5.41, 5.74) is 0. The van der Waals surface area contributed by atoms with Gasteiger partial charge in [-0.3, -0.25) is 0 Å². The second-order valence-corrected chi connectivity index (χ2v) is 3.91. The van der Waals surface area contributed by atoms with Gasteiger partial charge >= 0.3 is 12.3 Å². The van der Waals surface area contributed by atoms with Gasteiger partial charge in [-0.15, -0.1) is 0 Å². The number of hydrogen-bond acceptors (Lipinski definition) is 3. The van der Waals surface area contributed by atoms with Crippen LogP contribution in [0.3, 0.4) is 0 Å². The SMILES string of the molecule is CCCOCC(COCC(F)(F)C(F)F)NCC. The molecule has 0 saturated carbocycles. The average Bonchev–Trinajstić information content (AvgIpc) is 2.29. The molecule has 0 aromatic carbocycles. The van der Waals surface area contributed by atoms with Gasteiger partial charge in [0.1, 0.15) is 6.61 Å². The Labute approximate surface area is 105 Å². The summed E-state index contributed by atoms with van der Waals surface area (Å²) < 4.78 is 58.7. The molecular weight excluding hydrogens is 254 g/mol. The van der Waals surface area contributed by atoms with Crippen molar-refractivity contribution in [1.29, 1.82) is 0 Å². The highest BCUT2D eigenvalue weighted by atomic mass is 19.3. The molecule has 0 aliphatic carbocycles. The number of alkyl halides is 4. The first kappa shape index (κ1) is 17.6. The zero-order valence-corrected chi connectivity index (χ0v) is 10.7. The Morgan fingerprint density at radius 1 is 1.11 bits per heavy atom. The van der Waals surface area contributed by atoms with Gasteiger partial charge in [0, 0.05) is 6.61 Å². The van der Waals surface area contributed by atoms with E-state index in [9.17, 15) is 17.6 Å². The van der Waals surface area contributed by atoms with Crippen molar-refractivity contribution >= 4 is 0 Å². The van der Waals surface area contributed by atoms with Crippen molar-refractivity contribution in [3.05, 3.63) is 0 Å². The van der Waals surface area contributed by atoms with Gasteiger partial charge in [-0.25, -0.2) is 8.78 Å². The molecular formula is C11H21F4NO2. The van der Waals surface area contributed by atoms with Crippen LogP contribution in [0.2, 0.25) is 0 Å². The Bertz CT molecular complexity index is 205. The summed E-state index contributed by atoms with van der Waals surface area (Å²) in [6, 6.07) is -0.268. The predicted molar refractivity (Wildman–Crippen MR) is 60.3 cm³/mol. The maximum atomic E-state index is 12.6. The first-order valence-electron chi connectivity index (χ1n) is 5.98. The second-order valence-electron chi connectivity index (χ2n) is 3.91. The van der Waals surface area contributed by atoms with Crippen LogP contribution in [0.15, 0.2) is 0 Å². The van der Waals surface area contributed by atoms with E-state index in [0.717, 1.165) is 6.42 Å². The zero-order chi connectivity index (χ0) is 14.0. The summed E-state index contributed by atoms with van der Waals surface area (Å²) in [5, 5.41) is 2.97. The minimum absolute atomic E-state index is 0.0835. The number of likely N-dealkylation sites (N-methyl/N-ethyl adjacent to an activating group) is 1. The second kappa shape index (κ2) is 9.52. The van der Waals surface area contributed by atoms with E-state index in [1.54, 1.807) is 0 Å². The molecule has 0 heterocycles. The third-order valence-electron chi connectivity index (χ3n) is 2.09. The van der Waals surface area contributed by atoms with Crippen molar-refractivity contribution in [3.63, 3.8) is 0 Å². The van der Waals surface area contributed by atoms with Crippen molar-refractivity contribution in [2.45, 2.75) is 38.7 Å². The largest absolute Gasteiger partial charge is 0.380 e. The molecule has 0 fully saturated rings. The molecule has 0 aromatic heterocycles. The van der Waals surface area contributed by atoms with Crippen LogP contribution in [-0.2, 0) is 9.47 Å². The van der Waals surface area contributed by atoms with Crippen molar-refractivity contribution in [1.82, 2.24) is 5.32 Å². The number of hydrogen-bond donors (Lipinski definition) is 1. The van der Waals surface area contributed by atoms with E-state index in [2.05, 4.69) is 10.1 Å². The zero-order valence-electron chi connectivity index (χ0n) is 10.7. The van der Waals surface area contributed by atoms with E-state index in [1.807, 2.05) is 13.8 Å². The highest BCUT2D eigenvalue weighted by Gasteiger charge is 2.41. The van der Waals surface area contributed by atoms with Gasteiger partial charge in [-0.2, -0.15) is 8.78 Å². The third kappa shape index (κ3) is 7.84. The molecule has 0 spiro atoms. The van der Waals surface area contributed by atoms with Gasteiger partial charge in [0.15, 0.2) is 0 Å². The van der Waals surface area contributed by atoms with Crippen molar-refractivity contribution in [2.24, 2.45) is 0 Å². The van der Waals surface area contributed by atoms with Crippen LogP contribution in [0.25, 0.3) is 0 Å². The first-order chi connectivity index (χ1) is 8.44. The van der Waals surface area contributed by atoms with Gasteiger partial charge in [-0.1, -0.05) is 13.8 Å². The van der Waals surface area contributed by atoms with Crippen LogP contribution in [0.5, 0.6) is 0 Å². The molecule has 3 nitrogen and oxygen atoms in total. The van der Waals surface area contributed by atoms with Crippen LogP contribution < -0.4 is 5.32 Å². The molecule has 0 saturated heterocycles. The summed E-state index contributed by atoms with van der Waals surface area (Å²) in [4.78, 5) is 0. The fraction of sp³-hybridized carbons (Fsp3) is 1.00. The number of rotatable bonds is 11. The van der Waals surface area contributed by atoms with Gasteiger partial charge in [-0.05, 0) is 13.0 Å². The quantitative estimate of drug-likeness (QED) is 0.463. The number of nitrogens with one attached hydrogen (secondary N) is 1. The maximum Gasteiger partial charge on any atom is 0.330 e. The smallest absolute Gasteiger partial charge is 0.330 e. The number of halogens is 4. The fourth-order valence-corrected chi connectivity index (χ4v) is 1.22. The molecule has 0 aliphatic rings. The standard InChI is InChI=1S/C11H21F4NO2/c1-3-5-17-6-9(16-4-2)7-18-8-11(14,15)10(12)13/h9-10,16H,3-8H2,1-2H3. The van der Waals surface area contributed by atoms with Crippen molar-refractivity contribution in [2.75, 3.05) is 33.0 Å². The lowest BCUT2D eigenvalue weighted by Crippen LogP contribution is -2.40. The van der Waals surface area contributed by atoms with E-state index < -0.39 is 19.0 Å². The molecule has 0 amide bonds. The molecule has 18 heavy (non-hydrogen) atoms. The Morgan fingerprint density at radius 2 is 1.72 bits per heavy atom. The Kier molecular flexibility index (Phi) is 9.31. The summed E-state index contributed by atoms with van der Waals surface area (Å²) >= 11 is 0. The molecule has 0 rings (SSSR count). The van der Waals surface area contributed by atoms with Gasteiger partial charge < -0.3 is 14.8 Å². The highest BCUT2D eigenvalue weighted by molar-refractivity contribution is 4.70. The minimum Gasteiger partial charge on any atom is -0.380 e. The van der Waals surface area contributed by atoms with E-state index in [4.69, 9.17) is 4.74 Å². The van der Waals surface area contributed by atoms with Crippen molar-refractivity contribution < 1.29 is 27.0 Å². The summed E-state index contributed by atoms with van der Waals surface area (Å²) in [7, 11) is 0. The first-order valence-corrected chi connectivity index (χ1v) is 5.98. The van der Waals surface area contributed by atoms with Gasteiger partial charge in [0.25, 0.3) is 0 Å². The van der Waals surface area contributed by atoms with E-state index in [0.29, 0.717) is 19.8 Å². The maximum absolute atomic E-state index is 12.6. The lowest BCUT2D eigenvalue weighted by atomic mass is 10.3. The highest BCUT2D eigenvalue weighted by Crippen LogP contribution is 2.22. The molecule has 1 unspecified atom stereocenters. The van der Waals surface area contributed by atoms with Crippen LogP contribution in [0.1, 0.15) is 20.3 Å². The molecule has 0 aromatic rings. The van der Waals surface area contributed by atoms with Crippen LogP contribution in [0, 0.1) is 0 Å². The fourth-order valence-electron chi connectivity index (χ4n) is 1.22. The Morgan fingerprint density at radius 3 is 2.22 bits per heavy atom. The average molecular weight is 275 g/mol. The summed E-state index contributed by atoms with van der Waals surface area (Å²) in [6.45, 7) is 3.93. The third-order valence-corrected chi connectivity index (χ3v) is 2.09. The van der Waals surface area contributed by atoms with Crippen LogP contribution in [-0.4, -0.2) is 51.4 Å². The predicted octanol–water partition coefficient (Wildman–Crippen LogP) is 2.31. The molecule has 7 heteroatoms. The molecule has 0 radical (unpaired) electrons. The Balaban J connectivity index is 3.88. The monoisotopic (exact) mass is 275 g/mol. The molecule has 110 valence electrons. The topological polar surface area (TPSA) is 30.5 Å².